The quantitative estimate of drug-likeness (QED) is 0.229. The van der Waals surface area contributed by atoms with Crippen molar-refractivity contribution >= 4 is 11.0 Å². The van der Waals surface area contributed by atoms with Crippen LogP contribution in [0, 0.1) is 0 Å². The molecule has 3 aromatic rings. The summed E-state index contributed by atoms with van der Waals surface area (Å²) in [5.74, 6) is -2.74. The molecule has 4 rings (SSSR count). The van der Waals surface area contributed by atoms with Gasteiger partial charge in [-0.1, -0.05) is 0 Å². The third kappa shape index (κ3) is 4.01. The normalized spacial score (nSPS) is 25.3. The molecule has 33 heavy (non-hydrogen) atoms. The van der Waals surface area contributed by atoms with Gasteiger partial charge in [0, 0.05) is 17.7 Å². The van der Waals surface area contributed by atoms with Gasteiger partial charge in [-0.15, -0.1) is 0 Å². The molecule has 0 amide bonds. The SMILES string of the molecule is O=c1c(OCC2OC(O)[C@@H](O)[C@H](O)[C@@H]2O)c(-c2ccc(O)c(O)c2)oc2cc(O)cc(O)c12. The van der Waals surface area contributed by atoms with Crippen molar-refractivity contribution in [3.8, 4) is 40.1 Å². The summed E-state index contributed by atoms with van der Waals surface area (Å²) in [4.78, 5) is 13.2. The summed E-state index contributed by atoms with van der Waals surface area (Å²) in [6.45, 7) is -0.603. The summed E-state index contributed by atoms with van der Waals surface area (Å²) >= 11 is 0. The molecule has 0 saturated carbocycles. The van der Waals surface area contributed by atoms with Gasteiger partial charge in [-0.2, -0.15) is 0 Å². The van der Waals surface area contributed by atoms with Crippen LogP contribution in [0.5, 0.6) is 28.7 Å². The van der Waals surface area contributed by atoms with E-state index in [0.29, 0.717) is 0 Å². The van der Waals surface area contributed by atoms with Crippen LogP contribution >= 0.6 is 0 Å². The lowest BCUT2D eigenvalue weighted by Gasteiger charge is -2.38. The fourth-order valence-electron chi connectivity index (χ4n) is 3.49. The lowest BCUT2D eigenvalue weighted by Crippen LogP contribution is -2.58. The average Bonchev–Trinajstić information content (AvgIpc) is 2.76. The number of phenolic OH excluding ortho intramolecular Hbond substituents is 4. The minimum atomic E-state index is -1.83. The first-order chi connectivity index (χ1) is 15.6. The molecule has 1 saturated heterocycles. The molecule has 2 unspecified atom stereocenters. The van der Waals surface area contributed by atoms with Gasteiger partial charge >= 0.3 is 0 Å². The molecule has 2 aromatic carbocycles. The van der Waals surface area contributed by atoms with Crippen LogP contribution in [0.1, 0.15) is 0 Å². The number of hydrogen-bond acceptors (Lipinski definition) is 12. The molecule has 0 aliphatic carbocycles. The Morgan fingerprint density at radius 3 is 2.27 bits per heavy atom. The molecule has 1 aliphatic heterocycles. The minimum absolute atomic E-state index is 0.0720. The molecule has 8 N–H and O–H groups in total. The fourth-order valence-corrected chi connectivity index (χ4v) is 3.49. The monoisotopic (exact) mass is 464 g/mol. The zero-order valence-corrected chi connectivity index (χ0v) is 16.7. The van der Waals surface area contributed by atoms with Crippen molar-refractivity contribution in [2.24, 2.45) is 0 Å². The van der Waals surface area contributed by atoms with E-state index in [2.05, 4.69) is 0 Å². The minimum Gasteiger partial charge on any atom is -0.508 e. The summed E-state index contributed by atoms with van der Waals surface area (Å²) in [5.41, 5.74) is -1.03. The van der Waals surface area contributed by atoms with Gasteiger partial charge in [0.25, 0.3) is 0 Å². The molecule has 0 radical (unpaired) electrons. The number of aliphatic hydroxyl groups excluding tert-OH is 4. The highest BCUT2D eigenvalue weighted by molar-refractivity contribution is 5.88. The number of aliphatic hydroxyl groups is 4. The van der Waals surface area contributed by atoms with Crippen LogP contribution in [-0.4, -0.2) is 78.2 Å². The smallest absolute Gasteiger partial charge is 0.239 e. The zero-order valence-electron chi connectivity index (χ0n) is 16.7. The Morgan fingerprint density at radius 2 is 1.58 bits per heavy atom. The number of ether oxygens (including phenoxy) is 2. The predicted molar refractivity (Wildman–Crippen MR) is 109 cm³/mol. The van der Waals surface area contributed by atoms with Gasteiger partial charge < -0.3 is 54.7 Å². The van der Waals surface area contributed by atoms with Crippen molar-refractivity contribution in [3.05, 3.63) is 40.6 Å². The third-order valence-corrected chi connectivity index (χ3v) is 5.23. The lowest BCUT2D eigenvalue weighted by atomic mass is 9.99. The zero-order chi connectivity index (χ0) is 24.0. The Labute approximate surface area is 184 Å². The van der Waals surface area contributed by atoms with E-state index in [1.54, 1.807) is 0 Å². The molecule has 1 fully saturated rings. The van der Waals surface area contributed by atoms with E-state index < -0.39 is 71.5 Å². The molecular formula is C21H20O12. The van der Waals surface area contributed by atoms with E-state index in [-0.39, 0.29) is 22.3 Å². The van der Waals surface area contributed by atoms with E-state index in [9.17, 15) is 45.6 Å². The Morgan fingerprint density at radius 1 is 0.848 bits per heavy atom. The molecular weight excluding hydrogens is 444 g/mol. The number of fused-ring (bicyclic) bond motifs is 1. The molecule has 176 valence electrons. The molecule has 12 heteroatoms. The lowest BCUT2D eigenvalue weighted by molar-refractivity contribution is -0.285. The third-order valence-electron chi connectivity index (χ3n) is 5.23. The van der Waals surface area contributed by atoms with E-state index in [4.69, 9.17) is 13.9 Å². The number of aromatic hydroxyl groups is 4. The van der Waals surface area contributed by atoms with Gasteiger partial charge in [-0.05, 0) is 18.2 Å². The number of phenols is 4. The Balaban J connectivity index is 1.81. The van der Waals surface area contributed by atoms with Crippen LogP contribution in [0.3, 0.4) is 0 Å². The standard InChI is InChI=1S/C21H20O12/c22-8-4-11(25)14-12(5-8)32-19(7-1-2-9(23)10(24)3-7)20(16(14)27)31-6-13-15(26)17(28)18(29)21(30)33-13/h1-5,13,15,17-18,21-26,28-30H,6H2/t13?,15-,17-,18+,21?/m1/s1. The van der Waals surface area contributed by atoms with E-state index in [0.717, 1.165) is 24.3 Å². The predicted octanol–water partition coefficient (Wildman–Crippen LogP) is -0.539. The van der Waals surface area contributed by atoms with Crippen LogP contribution in [0.4, 0.5) is 0 Å². The first-order valence-electron chi connectivity index (χ1n) is 9.64. The van der Waals surface area contributed by atoms with Crippen LogP contribution in [-0.2, 0) is 4.74 Å². The molecule has 5 atom stereocenters. The average molecular weight is 464 g/mol. The summed E-state index contributed by atoms with van der Waals surface area (Å²) in [6, 6.07) is 5.49. The maximum Gasteiger partial charge on any atom is 0.239 e. The van der Waals surface area contributed by atoms with Crippen molar-refractivity contribution in [2.75, 3.05) is 6.61 Å². The van der Waals surface area contributed by atoms with Crippen molar-refractivity contribution in [1.29, 1.82) is 0 Å². The van der Waals surface area contributed by atoms with Gasteiger partial charge in [-0.3, -0.25) is 4.79 Å². The summed E-state index contributed by atoms with van der Waals surface area (Å²) in [7, 11) is 0. The second-order valence-corrected chi connectivity index (χ2v) is 7.48. The van der Waals surface area contributed by atoms with Crippen LogP contribution in [0.15, 0.2) is 39.5 Å². The molecule has 2 heterocycles. The van der Waals surface area contributed by atoms with Gasteiger partial charge in [0.1, 0.15) is 53.5 Å². The van der Waals surface area contributed by atoms with Crippen LogP contribution in [0.25, 0.3) is 22.3 Å². The Kier molecular flexibility index (Phi) is 5.78. The summed E-state index contributed by atoms with van der Waals surface area (Å²) in [6.07, 6.45) is -8.39. The van der Waals surface area contributed by atoms with Crippen LogP contribution < -0.4 is 10.2 Å². The first kappa shape index (κ1) is 22.6. The maximum atomic E-state index is 13.2. The van der Waals surface area contributed by atoms with Crippen molar-refractivity contribution in [2.45, 2.75) is 30.7 Å². The highest BCUT2D eigenvalue weighted by atomic mass is 16.6. The summed E-state index contributed by atoms with van der Waals surface area (Å²) < 4.78 is 16.2. The highest BCUT2D eigenvalue weighted by Crippen LogP contribution is 2.38. The van der Waals surface area contributed by atoms with E-state index >= 15 is 0 Å². The van der Waals surface area contributed by atoms with E-state index in [1.807, 2.05) is 0 Å². The van der Waals surface area contributed by atoms with Crippen molar-refractivity contribution in [1.82, 2.24) is 0 Å². The van der Waals surface area contributed by atoms with Crippen molar-refractivity contribution in [3.63, 3.8) is 0 Å². The van der Waals surface area contributed by atoms with E-state index in [1.165, 1.54) is 6.07 Å². The second kappa shape index (κ2) is 8.42. The Bertz CT molecular complexity index is 1250. The molecule has 0 spiro atoms. The molecule has 12 nitrogen and oxygen atoms in total. The molecule has 1 aliphatic rings. The second-order valence-electron chi connectivity index (χ2n) is 7.48. The Hall–Kier alpha value is -3.55. The van der Waals surface area contributed by atoms with Crippen molar-refractivity contribution < 1.29 is 54.7 Å². The van der Waals surface area contributed by atoms with Gasteiger partial charge in [-0.25, -0.2) is 0 Å². The fraction of sp³-hybridized carbons (Fsp3) is 0.286. The highest BCUT2D eigenvalue weighted by Gasteiger charge is 2.43. The van der Waals surface area contributed by atoms with Crippen LogP contribution in [0.2, 0.25) is 0 Å². The molecule has 1 aromatic heterocycles. The first-order valence-corrected chi connectivity index (χ1v) is 9.64. The number of hydrogen-bond donors (Lipinski definition) is 8. The number of benzene rings is 2. The largest absolute Gasteiger partial charge is 0.508 e. The summed E-state index contributed by atoms with van der Waals surface area (Å²) in [5, 5.41) is 78.2. The molecule has 0 bridgehead atoms. The van der Waals surface area contributed by atoms with Gasteiger partial charge in [0.05, 0.1) is 0 Å². The maximum absolute atomic E-state index is 13.2. The topological polar surface area (TPSA) is 211 Å². The van der Waals surface area contributed by atoms with Gasteiger partial charge in [0.15, 0.2) is 23.5 Å². The van der Waals surface area contributed by atoms with Gasteiger partial charge in [0.2, 0.25) is 11.2 Å². The number of rotatable bonds is 4.